The van der Waals surface area contributed by atoms with Gasteiger partial charge in [-0.05, 0) is 23.1 Å². The number of hydrogen-bond acceptors (Lipinski definition) is 3. The molecular formula is C13H10ClNO3. The molecule has 2 aromatic carbocycles. The topological polar surface area (TPSA) is 46.6 Å². The Morgan fingerprint density at radius 3 is 2.50 bits per heavy atom. The van der Waals surface area contributed by atoms with Crippen molar-refractivity contribution in [3.63, 3.8) is 0 Å². The van der Waals surface area contributed by atoms with E-state index in [1.165, 1.54) is 7.05 Å². The summed E-state index contributed by atoms with van der Waals surface area (Å²) in [6, 6.07) is 12.8. The lowest BCUT2D eigenvalue weighted by atomic mass is 10.1. The van der Waals surface area contributed by atoms with Gasteiger partial charge in [0.15, 0.2) is 0 Å². The van der Waals surface area contributed by atoms with E-state index in [1.54, 1.807) is 12.1 Å². The third-order valence-electron chi connectivity index (χ3n) is 2.48. The summed E-state index contributed by atoms with van der Waals surface area (Å²) in [6.45, 7) is 0. The molecule has 0 aliphatic rings. The number of rotatable bonds is 1. The van der Waals surface area contributed by atoms with Crippen molar-refractivity contribution >= 4 is 33.8 Å². The Hall–Kier alpha value is -2.07. The first-order valence-electron chi connectivity index (χ1n) is 5.22. The van der Waals surface area contributed by atoms with Crippen LogP contribution < -0.4 is 4.74 Å². The van der Waals surface area contributed by atoms with Crippen LogP contribution in [0.1, 0.15) is 0 Å². The molecular weight excluding hydrogens is 254 g/mol. The molecule has 0 atom stereocenters. The highest BCUT2D eigenvalue weighted by molar-refractivity contribution is 6.63. The van der Waals surface area contributed by atoms with Gasteiger partial charge < -0.3 is 4.74 Å². The quantitative estimate of drug-likeness (QED) is 0.583. The molecule has 0 fully saturated rings. The first kappa shape index (κ1) is 12.4. The molecule has 0 spiro atoms. The van der Waals surface area contributed by atoms with Crippen LogP contribution in [0.25, 0.3) is 10.8 Å². The first-order chi connectivity index (χ1) is 8.59. The molecule has 0 N–H and O–H groups in total. The highest BCUT2D eigenvalue weighted by Gasteiger charge is 2.17. The zero-order valence-corrected chi connectivity index (χ0v) is 10.3. The molecule has 0 aliphatic heterocycles. The minimum Gasteiger partial charge on any atom is -0.409 e. The summed E-state index contributed by atoms with van der Waals surface area (Å²) in [5.74, 6) is 0.392. The SMILES string of the molecule is CN(C(=O)Cl)C(=O)Oc1cccc2ccccc12. The van der Waals surface area contributed by atoms with Gasteiger partial charge in [-0.2, -0.15) is 0 Å². The van der Waals surface area contributed by atoms with Crippen molar-refractivity contribution in [3.8, 4) is 5.75 Å². The molecule has 4 nitrogen and oxygen atoms in total. The Morgan fingerprint density at radius 2 is 1.78 bits per heavy atom. The summed E-state index contributed by atoms with van der Waals surface area (Å²) < 4.78 is 5.13. The van der Waals surface area contributed by atoms with E-state index in [-0.39, 0.29) is 0 Å². The predicted octanol–water partition coefficient (Wildman–Crippen LogP) is 3.63. The monoisotopic (exact) mass is 263 g/mol. The Labute approximate surface area is 109 Å². The molecule has 0 aliphatic carbocycles. The molecule has 2 rings (SSSR count). The zero-order chi connectivity index (χ0) is 13.1. The summed E-state index contributed by atoms with van der Waals surface area (Å²) in [4.78, 5) is 23.1. The minimum atomic E-state index is -0.889. The molecule has 0 radical (unpaired) electrons. The molecule has 0 heterocycles. The third-order valence-corrected chi connectivity index (χ3v) is 2.74. The fourth-order valence-corrected chi connectivity index (χ4v) is 1.59. The standard InChI is InChI=1S/C13H10ClNO3/c1-15(12(14)16)13(17)18-11-8-4-6-9-5-2-3-7-10(9)11/h2-8H,1H3. The zero-order valence-electron chi connectivity index (χ0n) is 9.59. The average Bonchev–Trinajstić information content (AvgIpc) is 2.38. The normalized spacial score (nSPS) is 10.1. The van der Waals surface area contributed by atoms with Crippen LogP contribution in [-0.4, -0.2) is 23.4 Å². The molecule has 0 saturated carbocycles. The maximum Gasteiger partial charge on any atom is 0.422 e. The number of ether oxygens (including phenoxy) is 1. The Bertz CT molecular complexity index is 607. The molecule has 0 saturated heterocycles. The number of halogens is 1. The van der Waals surface area contributed by atoms with Crippen molar-refractivity contribution in [1.82, 2.24) is 4.90 Å². The number of imide groups is 1. The van der Waals surface area contributed by atoms with Gasteiger partial charge in [0, 0.05) is 12.4 Å². The lowest BCUT2D eigenvalue weighted by Crippen LogP contribution is -2.31. The van der Waals surface area contributed by atoms with Crippen molar-refractivity contribution in [1.29, 1.82) is 0 Å². The largest absolute Gasteiger partial charge is 0.422 e. The molecule has 0 unspecified atom stereocenters. The summed E-state index contributed by atoms with van der Waals surface area (Å²) in [7, 11) is 1.25. The van der Waals surface area contributed by atoms with Gasteiger partial charge >= 0.3 is 11.5 Å². The second kappa shape index (κ2) is 5.06. The van der Waals surface area contributed by atoms with E-state index in [0.29, 0.717) is 10.6 Å². The third kappa shape index (κ3) is 2.43. The maximum atomic E-state index is 11.6. The lowest BCUT2D eigenvalue weighted by Gasteiger charge is -2.12. The molecule has 18 heavy (non-hydrogen) atoms. The van der Waals surface area contributed by atoms with Crippen molar-refractivity contribution in [3.05, 3.63) is 42.5 Å². The number of fused-ring (bicyclic) bond motifs is 1. The van der Waals surface area contributed by atoms with Crippen molar-refractivity contribution in [2.75, 3.05) is 7.05 Å². The van der Waals surface area contributed by atoms with Crippen LogP contribution in [0, 0.1) is 0 Å². The highest BCUT2D eigenvalue weighted by atomic mass is 35.5. The van der Waals surface area contributed by atoms with Gasteiger partial charge in [-0.25, -0.2) is 9.69 Å². The highest BCUT2D eigenvalue weighted by Crippen LogP contribution is 2.25. The van der Waals surface area contributed by atoms with Crippen molar-refractivity contribution in [2.45, 2.75) is 0 Å². The van der Waals surface area contributed by atoms with E-state index in [1.807, 2.05) is 30.3 Å². The second-order valence-electron chi connectivity index (χ2n) is 3.66. The van der Waals surface area contributed by atoms with E-state index >= 15 is 0 Å². The van der Waals surface area contributed by atoms with Crippen LogP contribution in [0.5, 0.6) is 5.75 Å². The maximum absolute atomic E-state index is 11.6. The number of carbonyl (C=O) groups excluding carboxylic acids is 2. The van der Waals surface area contributed by atoms with Crippen LogP contribution >= 0.6 is 11.6 Å². The number of carbonyl (C=O) groups is 2. The number of hydrogen-bond donors (Lipinski definition) is 0. The fraction of sp³-hybridized carbons (Fsp3) is 0.0769. The Morgan fingerprint density at radius 1 is 1.11 bits per heavy atom. The number of amides is 2. The number of nitrogens with zero attached hydrogens (tertiary/aromatic N) is 1. The first-order valence-corrected chi connectivity index (χ1v) is 5.60. The van der Waals surface area contributed by atoms with E-state index in [0.717, 1.165) is 10.8 Å². The predicted molar refractivity (Wildman–Crippen MR) is 69.0 cm³/mol. The van der Waals surface area contributed by atoms with Gasteiger partial charge in [-0.1, -0.05) is 36.4 Å². The van der Waals surface area contributed by atoms with E-state index in [2.05, 4.69) is 0 Å². The molecule has 2 aromatic rings. The van der Waals surface area contributed by atoms with Gasteiger partial charge in [0.1, 0.15) is 5.75 Å². The summed E-state index contributed by atoms with van der Waals surface area (Å²) in [5, 5.41) is 0.853. The van der Waals surface area contributed by atoms with Crippen LogP contribution in [0.15, 0.2) is 42.5 Å². The Balaban J connectivity index is 2.32. The van der Waals surface area contributed by atoms with Crippen LogP contribution in [0.3, 0.4) is 0 Å². The summed E-state index contributed by atoms with van der Waals surface area (Å²) >= 11 is 5.19. The fourth-order valence-electron chi connectivity index (χ4n) is 1.52. The van der Waals surface area contributed by atoms with Crippen LogP contribution in [0.2, 0.25) is 0 Å². The lowest BCUT2D eigenvalue weighted by molar-refractivity contribution is 0.170. The molecule has 0 bridgehead atoms. The Kier molecular flexibility index (Phi) is 3.48. The molecule has 92 valence electrons. The van der Waals surface area contributed by atoms with Crippen LogP contribution in [0.4, 0.5) is 9.59 Å². The molecule has 5 heteroatoms. The van der Waals surface area contributed by atoms with E-state index in [4.69, 9.17) is 16.3 Å². The smallest absolute Gasteiger partial charge is 0.409 e. The van der Waals surface area contributed by atoms with E-state index in [9.17, 15) is 9.59 Å². The van der Waals surface area contributed by atoms with Crippen molar-refractivity contribution < 1.29 is 14.3 Å². The second-order valence-corrected chi connectivity index (χ2v) is 3.98. The van der Waals surface area contributed by atoms with Gasteiger partial charge in [0.05, 0.1) is 0 Å². The molecule has 2 amide bonds. The van der Waals surface area contributed by atoms with Gasteiger partial charge in [-0.15, -0.1) is 0 Å². The van der Waals surface area contributed by atoms with E-state index < -0.39 is 11.5 Å². The molecule has 0 aromatic heterocycles. The minimum absolute atomic E-state index is 0.392. The van der Waals surface area contributed by atoms with Gasteiger partial charge in [0.25, 0.3) is 0 Å². The van der Waals surface area contributed by atoms with Crippen molar-refractivity contribution in [2.24, 2.45) is 0 Å². The van der Waals surface area contributed by atoms with Crippen LogP contribution in [-0.2, 0) is 0 Å². The summed E-state index contributed by atoms with van der Waals surface area (Å²) in [5.41, 5.74) is 0. The average molecular weight is 264 g/mol. The van der Waals surface area contributed by atoms with Gasteiger partial charge in [-0.3, -0.25) is 4.79 Å². The number of benzene rings is 2. The van der Waals surface area contributed by atoms with Gasteiger partial charge in [0.2, 0.25) is 0 Å². The summed E-state index contributed by atoms with van der Waals surface area (Å²) in [6.07, 6.45) is -0.814.